The summed E-state index contributed by atoms with van der Waals surface area (Å²) in [5, 5.41) is 16.2. The van der Waals surface area contributed by atoms with Crippen molar-refractivity contribution in [1.82, 2.24) is 15.5 Å². The van der Waals surface area contributed by atoms with Crippen LogP contribution in [-0.2, 0) is 0 Å². The van der Waals surface area contributed by atoms with Crippen molar-refractivity contribution in [3.63, 3.8) is 0 Å². The zero-order valence-electron chi connectivity index (χ0n) is 14.5. The number of aromatic nitrogens is 2. The molecule has 1 aromatic carbocycles. The van der Waals surface area contributed by atoms with E-state index in [-0.39, 0.29) is 12.1 Å². The van der Waals surface area contributed by atoms with Gasteiger partial charge in [-0.25, -0.2) is 0 Å². The van der Waals surface area contributed by atoms with E-state index in [1.165, 1.54) is 16.0 Å². The van der Waals surface area contributed by atoms with Gasteiger partial charge in [0.2, 0.25) is 5.89 Å². The van der Waals surface area contributed by atoms with Gasteiger partial charge in [0.1, 0.15) is 0 Å². The Labute approximate surface area is 160 Å². The molecular formula is C20H19N3OS2. The van der Waals surface area contributed by atoms with Crippen LogP contribution in [0, 0.1) is 6.92 Å². The van der Waals surface area contributed by atoms with Gasteiger partial charge in [-0.2, -0.15) is 0 Å². The second kappa shape index (κ2) is 7.53. The molecule has 0 fully saturated rings. The van der Waals surface area contributed by atoms with Crippen LogP contribution in [0.25, 0.3) is 10.8 Å². The van der Waals surface area contributed by atoms with Crippen molar-refractivity contribution in [3.05, 3.63) is 81.2 Å². The molecule has 6 heteroatoms. The second-order valence-electron chi connectivity index (χ2n) is 6.17. The Morgan fingerprint density at radius 3 is 2.42 bits per heavy atom. The van der Waals surface area contributed by atoms with Crippen molar-refractivity contribution >= 4 is 22.7 Å². The zero-order chi connectivity index (χ0) is 17.9. The summed E-state index contributed by atoms with van der Waals surface area (Å²) in [6, 6.07) is 16.8. The van der Waals surface area contributed by atoms with E-state index in [1.807, 2.05) is 17.5 Å². The van der Waals surface area contributed by atoms with Gasteiger partial charge >= 0.3 is 0 Å². The number of thiophene rings is 2. The predicted molar refractivity (Wildman–Crippen MR) is 107 cm³/mol. The van der Waals surface area contributed by atoms with Crippen molar-refractivity contribution in [2.75, 3.05) is 0 Å². The molecule has 26 heavy (non-hydrogen) atoms. The number of nitrogens with zero attached hydrogens (tertiary/aromatic N) is 2. The van der Waals surface area contributed by atoms with E-state index < -0.39 is 0 Å². The monoisotopic (exact) mass is 381 g/mol. The zero-order valence-corrected chi connectivity index (χ0v) is 16.2. The summed E-state index contributed by atoms with van der Waals surface area (Å²) in [6.07, 6.45) is 0. The van der Waals surface area contributed by atoms with E-state index in [1.54, 1.807) is 22.7 Å². The van der Waals surface area contributed by atoms with E-state index in [2.05, 4.69) is 71.1 Å². The smallest absolute Gasteiger partial charge is 0.257 e. The molecule has 3 aromatic heterocycles. The molecule has 4 nitrogen and oxygen atoms in total. The van der Waals surface area contributed by atoms with E-state index in [0.717, 1.165) is 4.88 Å². The van der Waals surface area contributed by atoms with Gasteiger partial charge in [-0.05, 0) is 42.3 Å². The highest BCUT2D eigenvalue weighted by molar-refractivity contribution is 7.13. The number of benzene rings is 1. The van der Waals surface area contributed by atoms with Crippen LogP contribution in [0.4, 0.5) is 0 Å². The van der Waals surface area contributed by atoms with Crippen LogP contribution >= 0.6 is 22.7 Å². The quantitative estimate of drug-likeness (QED) is 0.472. The molecule has 0 bridgehead atoms. The van der Waals surface area contributed by atoms with Gasteiger partial charge in [-0.1, -0.05) is 42.0 Å². The molecule has 0 aliphatic rings. The maximum absolute atomic E-state index is 5.89. The lowest BCUT2D eigenvalue weighted by Crippen LogP contribution is -2.25. The fraction of sp³-hybridized carbons (Fsp3) is 0.200. The minimum absolute atomic E-state index is 0.0652. The van der Waals surface area contributed by atoms with E-state index in [4.69, 9.17) is 4.42 Å². The van der Waals surface area contributed by atoms with Gasteiger partial charge < -0.3 is 4.42 Å². The Bertz CT molecular complexity index is 944. The fourth-order valence-electron chi connectivity index (χ4n) is 2.79. The molecule has 4 rings (SSSR count). The molecule has 0 saturated heterocycles. The molecule has 0 radical (unpaired) electrons. The average molecular weight is 382 g/mol. The normalized spacial score (nSPS) is 13.6. The number of rotatable bonds is 6. The Morgan fingerprint density at radius 2 is 1.73 bits per heavy atom. The number of hydrogen-bond donors (Lipinski definition) is 1. The van der Waals surface area contributed by atoms with Crippen LogP contribution in [-0.4, -0.2) is 10.2 Å². The maximum Gasteiger partial charge on any atom is 0.257 e. The molecule has 1 N–H and O–H groups in total. The van der Waals surface area contributed by atoms with E-state index >= 15 is 0 Å². The first-order valence-electron chi connectivity index (χ1n) is 8.44. The summed E-state index contributed by atoms with van der Waals surface area (Å²) in [5.74, 6) is 1.17. The first kappa shape index (κ1) is 17.1. The lowest BCUT2D eigenvalue weighted by Gasteiger charge is -2.21. The highest BCUT2D eigenvalue weighted by atomic mass is 32.1. The van der Waals surface area contributed by atoms with Crippen LogP contribution < -0.4 is 5.32 Å². The topological polar surface area (TPSA) is 51.0 Å². The van der Waals surface area contributed by atoms with Crippen LogP contribution in [0.15, 0.2) is 63.7 Å². The van der Waals surface area contributed by atoms with Gasteiger partial charge in [0.05, 0.1) is 17.0 Å². The van der Waals surface area contributed by atoms with Gasteiger partial charge in [0.15, 0.2) is 0 Å². The third kappa shape index (κ3) is 3.62. The highest BCUT2D eigenvalue weighted by Crippen LogP contribution is 2.30. The summed E-state index contributed by atoms with van der Waals surface area (Å²) in [7, 11) is 0. The van der Waals surface area contributed by atoms with Crippen LogP contribution in [0.3, 0.4) is 0 Å². The van der Waals surface area contributed by atoms with Crippen LogP contribution in [0.5, 0.6) is 0 Å². The first-order valence-corrected chi connectivity index (χ1v) is 10.2. The SMILES string of the molecule is Cc1ccc([C@@H](N[C@H](C)c2nnc(-c3cccs3)o2)c2cccs2)cc1. The molecule has 132 valence electrons. The third-order valence-corrected chi connectivity index (χ3v) is 5.99. The number of nitrogens with one attached hydrogen (secondary N) is 1. The van der Waals surface area contributed by atoms with Gasteiger partial charge in [-0.15, -0.1) is 32.9 Å². The van der Waals surface area contributed by atoms with Gasteiger partial charge in [0.25, 0.3) is 5.89 Å². The number of aryl methyl sites for hydroxylation is 1. The van der Waals surface area contributed by atoms with Crippen molar-refractivity contribution in [2.45, 2.75) is 25.9 Å². The first-order chi connectivity index (χ1) is 12.7. The fourth-order valence-corrected chi connectivity index (χ4v) is 4.24. The molecule has 4 aromatic rings. The number of hydrogen-bond acceptors (Lipinski definition) is 6. The summed E-state index contributed by atoms with van der Waals surface area (Å²) in [5.41, 5.74) is 2.48. The molecular weight excluding hydrogens is 362 g/mol. The molecule has 0 unspecified atom stereocenters. The maximum atomic E-state index is 5.89. The van der Waals surface area contributed by atoms with Crippen molar-refractivity contribution in [1.29, 1.82) is 0 Å². The van der Waals surface area contributed by atoms with Crippen molar-refractivity contribution in [2.24, 2.45) is 0 Å². The minimum Gasteiger partial charge on any atom is -0.418 e. The van der Waals surface area contributed by atoms with Crippen molar-refractivity contribution in [3.8, 4) is 10.8 Å². The third-order valence-electron chi connectivity index (χ3n) is 4.20. The average Bonchev–Trinajstić information content (AvgIpc) is 3.42. The molecule has 0 saturated carbocycles. The summed E-state index contributed by atoms with van der Waals surface area (Å²) in [4.78, 5) is 2.25. The standard InChI is InChI=1S/C20H19N3OS2/c1-13-7-9-15(10-8-13)18(16-5-3-11-25-16)21-14(2)19-22-23-20(24-19)17-6-4-12-26-17/h3-12,14,18,21H,1-2H3/t14-,18-/m1/s1. The second-order valence-corrected chi connectivity index (χ2v) is 8.10. The minimum atomic E-state index is -0.0652. The molecule has 0 amide bonds. The largest absolute Gasteiger partial charge is 0.418 e. The molecule has 0 aliphatic heterocycles. The molecule has 3 heterocycles. The predicted octanol–water partition coefficient (Wildman–Crippen LogP) is 5.61. The lowest BCUT2D eigenvalue weighted by atomic mass is 10.0. The summed E-state index contributed by atoms with van der Waals surface area (Å²) >= 11 is 3.34. The van der Waals surface area contributed by atoms with Crippen LogP contribution in [0.1, 0.15) is 40.9 Å². The lowest BCUT2D eigenvalue weighted by molar-refractivity contribution is 0.405. The highest BCUT2D eigenvalue weighted by Gasteiger charge is 2.22. The van der Waals surface area contributed by atoms with Crippen molar-refractivity contribution < 1.29 is 4.42 Å². The van der Waals surface area contributed by atoms with E-state index in [9.17, 15) is 0 Å². The van der Waals surface area contributed by atoms with Crippen LogP contribution in [0.2, 0.25) is 0 Å². The Morgan fingerprint density at radius 1 is 0.962 bits per heavy atom. The Kier molecular flexibility index (Phi) is 4.97. The Balaban J connectivity index is 1.58. The molecule has 0 aliphatic carbocycles. The van der Waals surface area contributed by atoms with Gasteiger partial charge in [-0.3, -0.25) is 5.32 Å². The molecule has 2 atom stereocenters. The molecule has 0 spiro atoms. The van der Waals surface area contributed by atoms with E-state index in [0.29, 0.717) is 11.8 Å². The Hall–Kier alpha value is -2.28. The summed E-state index contributed by atoms with van der Waals surface area (Å²) < 4.78 is 5.89. The summed E-state index contributed by atoms with van der Waals surface area (Å²) in [6.45, 7) is 4.16. The van der Waals surface area contributed by atoms with Gasteiger partial charge in [0, 0.05) is 4.88 Å².